The van der Waals surface area contributed by atoms with Gasteiger partial charge >= 0.3 is 0 Å². The monoisotopic (exact) mass is 288 g/mol. The Bertz CT molecular complexity index is 587. The number of rotatable bonds is 7. The first-order valence-corrected chi connectivity index (χ1v) is 6.85. The van der Waals surface area contributed by atoms with E-state index in [1.165, 1.54) is 0 Å². The van der Waals surface area contributed by atoms with Gasteiger partial charge in [0.2, 0.25) is 5.88 Å². The van der Waals surface area contributed by atoms with Crippen LogP contribution in [0.3, 0.4) is 0 Å². The van der Waals surface area contributed by atoms with Gasteiger partial charge in [0.1, 0.15) is 6.61 Å². The number of aromatic nitrogens is 1. The van der Waals surface area contributed by atoms with Crippen LogP contribution in [0.15, 0.2) is 36.5 Å². The van der Waals surface area contributed by atoms with Crippen molar-refractivity contribution in [3.8, 4) is 17.4 Å². The Morgan fingerprint density at radius 3 is 2.71 bits per heavy atom. The van der Waals surface area contributed by atoms with Crippen molar-refractivity contribution in [3.05, 3.63) is 47.7 Å². The number of hydrogen-bond acceptors (Lipinski definition) is 5. The third-order valence-electron chi connectivity index (χ3n) is 2.97. The fraction of sp³-hybridized carbons (Fsp3) is 0.312. The fourth-order valence-corrected chi connectivity index (χ4v) is 1.94. The molecular formula is C16H20N2O3. The van der Waals surface area contributed by atoms with Gasteiger partial charge in [-0.1, -0.05) is 6.07 Å². The summed E-state index contributed by atoms with van der Waals surface area (Å²) in [6, 6.07) is 9.47. The molecule has 1 heterocycles. The largest absolute Gasteiger partial charge is 0.490 e. The lowest BCUT2D eigenvalue weighted by molar-refractivity contribution is 0.263. The second-order valence-electron chi connectivity index (χ2n) is 4.38. The summed E-state index contributed by atoms with van der Waals surface area (Å²) in [6.07, 6.45) is 1.68. The number of nitrogens with zero attached hydrogens (tertiary/aromatic N) is 1. The number of hydrogen-bond donors (Lipinski definition) is 1. The summed E-state index contributed by atoms with van der Waals surface area (Å²) < 4.78 is 16.6. The van der Waals surface area contributed by atoms with Gasteiger partial charge in [0.15, 0.2) is 11.5 Å². The van der Waals surface area contributed by atoms with Crippen LogP contribution in [0.1, 0.15) is 18.1 Å². The Balaban J connectivity index is 2.15. The standard InChI is InChI=1S/C16H20N2O3/c1-3-20-15-9-12(10-17)6-7-14(15)21-11-13-5-4-8-18-16(13)19-2/h4-9H,3,10-11,17H2,1-2H3. The van der Waals surface area contributed by atoms with Crippen LogP contribution in [0, 0.1) is 0 Å². The van der Waals surface area contributed by atoms with Crippen molar-refractivity contribution in [2.24, 2.45) is 5.73 Å². The lowest BCUT2D eigenvalue weighted by Crippen LogP contribution is -2.03. The van der Waals surface area contributed by atoms with Gasteiger partial charge in [-0.3, -0.25) is 0 Å². The maximum Gasteiger partial charge on any atom is 0.219 e. The molecule has 0 saturated heterocycles. The lowest BCUT2D eigenvalue weighted by atomic mass is 10.2. The number of ether oxygens (including phenoxy) is 3. The minimum Gasteiger partial charge on any atom is -0.490 e. The van der Waals surface area contributed by atoms with E-state index >= 15 is 0 Å². The molecule has 0 radical (unpaired) electrons. The van der Waals surface area contributed by atoms with Gasteiger partial charge in [-0.2, -0.15) is 0 Å². The van der Waals surface area contributed by atoms with E-state index in [-0.39, 0.29) is 0 Å². The van der Waals surface area contributed by atoms with E-state index in [2.05, 4.69) is 4.98 Å². The van der Waals surface area contributed by atoms with Crippen molar-refractivity contribution in [1.29, 1.82) is 0 Å². The van der Waals surface area contributed by atoms with Gasteiger partial charge < -0.3 is 19.9 Å². The average molecular weight is 288 g/mol. The number of pyridine rings is 1. The molecule has 0 amide bonds. The average Bonchev–Trinajstić information content (AvgIpc) is 2.54. The van der Waals surface area contributed by atoms with Crippen molar-refractivity contribution in [1.82, 2.24) is 4.98 Å². The minimum atomic E-state index is 0.360. The van der Waals surface area contributed by atoms with E-state index in [0.29, 0.717) is 37.1 Å². The summed E-state index contributed by atoms with van der Waals surface area (Å²) in [5.74, 6) is 1.94. The molecule has 0 atom stereocenters. The zero-order valence-electron chi connectivity index (χ0n) is 12.3. The van der Waals surface area contributed by atoms with Crippen LogP contribution in [0.4, 0.5) is 0 Å². The number of benzene rings is 1. The molecule has 5 heteroatoms. The van der Waals surface area contributed by atoms with Crippen molar-refractivity contribution in [3.63, 3.8) is 0 Å². The summed E-state index contributed by atoms with van der Waals surface area (Å²) in [5, 5.41) is 0. The molecule has 112 valence electrons. The van der Waals surface area contributed by atoms with Gasteiger partial charge in [0.05, 0.1) is 19.3 Å². The summed E-state index contributed by atoms with van der Waals surface area (Å²) >= 11 is 0. The molecule has 21 heavy (non-hydrogen) atoms. The van der Waals surface area contributed by atoms with Crippen molar-refractivity contribution >= 4 is 0 Å². The Morgan fingerprint density at radius 1 is 1.14 bits per heavy atom. The molecule has 0 saturated carbocycles. The Morgan fingerprint density at radius 2 is 2.00 bits per heavy atom. The first-order chi connectivity index (χ1) is 10.3. The SMILES string of the molecule is CCOc1cc(CN)ccc1OCc1cccnc1OC. The molecule has 5 nitrogen and oxygen atoms in total. The number of methoxy groups -OCH3 is 1. The summed E-state index contributed by atoms with van der Waals surface area (Å²) in [4.78, 5) is 4.15. The van der Waals surface area contributed by atoms with Crippen LogP contribution in [-0.4, -0.2) is 18.7 Å². The van der Waals surface area contributed by atoms with Crippen LogP contribution in [-0.2, 0) is 13.2 Å². The molecule has 1 aromatic carbocycles. The Labute approximate surface area is 124 Å². The molecule has 2 aromatic rings. The van der Waals surface area contributed by atoms with E-state index in [1.807, 2.05) is 37.3 Å². The van der Waals surface area contributed by atoms with Gasteiger partial charge in [0, 0.05) is 12.7 Å². The number of nitrogens with two attached hydrogens (primary N) is 1. The van der Waals surface area contributed by atoms with E-state index in [0.717, 1.165) is 11.1 Å². The Hall–Kier alpha value is -2.27. The lowest BCUT2D eigenvalue weighted by Gasteiger charge is -2.14. The molecule has 0 aliphatic rings. The molecule has 1 aromatic heterocycles. The molecule has 2 N–H and O–H groups in total. The van der Waals surface area contributed by atoms with Gasteiger partial charge in [-0.15, -0.1) is 0 Å². The molecule has 0 fully saturated rings. The molecule has 2 rings (SSSR count). The maximum absolute atomic E-state index is 5.83. The van der Waals surface area contributed by atoms with Crippen LogP contribution in [0.2, 0.25) is 0 Å². The van der Waals surface area contributed by atoms with E-state index in [4.69, 9.17) is 19.9 Å². The van der Waals surface area contributed by atoms with Gasteiger partial charge in [-0.05, 0) is 36.8 Å². The summed E-state index contributed by atoms with van der Waals surface area (Å²) in [7, 11) is 1.59. The Kier molecular flexibility index (Phi) is 5.40. The predicted octanol–water partition coefficient (Wildman–Crippen LogP) is 2.53. The summed E-state index contributed by atoms with van der Waals surface area (Å²) in [5.41, 5.74) is 7.53. The highest BCUT2D eigenvalue weighted by Gasteiger charge is 2.09. The van der Waals surface area contributed by atoms with Gasteiger partial charge in [0.25, 0.3) is 0 Å². The third kappa shape index (κ3) is 3.86. The molecule has 0 bridgehead atoms. The quantitative estimate of drug-likeness (QED) is 0.848. The smallest absolute Gasteiger partial charge is 0.219 e. The second kappa shape index (κ2) is 7.50. The second-order valence-corrected chi connectivity index (χ2v) is 4.38. The van der Waals surface area contributed by atoms with Crippen molar-refractivity contribution in [2.45, 2.75) is 20.1 Å². The fourth-order valence-electron chi connectivity index (χ4n) is 1.94. The maximum atomic E-state index is 5.83. The normalized spacial score (nSPS) is 10.2. The molecule has 0 unspecified atom stereocenters. The van der Waals surface area contributed by atoms with Crippen LogP contribution < -0.4 is 19.9 Å². The molecular weight excluding hydrogens is 268 g/mol. The van der Waals surface area contributed by atoms with Crippen LogP contribution in [0.25, 0.3) is 0 Å². The first-order valence-electron chi connectivity index (χ1n) is 6.85. The van der Waals surface area contributed by atoms with E-state index in [1.54, 1.807) is 13.3 Å². The van der Waals surface area contributed by atoms with Crippen molar-refractivity contribution < 1.29 is 14.2 Å². The zero-order chi connectivity index (χ0) is 15.1. The predicted molar refractivity (Wildman–Crippen MR) is 80.6 cm³/mol. The molecule has 0 spiro atoms. The summed E-state index contributed by atoms with van der Waals surface area (Å²) in [6.45, 7) is 3.33. The third-order valence-corrected chi connectivity index (χ3v) is 2.97. The van der Waals surface area contributed by atoms with E-state index in [9.17, 15) is 0 Å². The molecule has 0 aliphatic heterocycles. The van der Waals surface area contributed by atoms with E-state index < -0.39 is 0 Å². The first kappa shape index (κ1) is 15.1. The van der Waals surface area contributed by atoms with Gasteiger partial charge in [-0.25, -0.2) is 4.98 Å². The van der Waals surface area contributed by atoms with Crippen molar-refractivity contribution in [2.75, 3.05) is 13.7 Å². The zero-order valence-corrected chi connectivity index (χ0v) is 12.3. The highest BCUT2D eigenvalue weighted by Crippen LogP contribution is 2.29. The van der Waals surface area contributed by atoms with Crippen LogP contribution >= 0.6 is 0 Å². The highest BCUT2D eigenvalue weighted by atomic mass is 16.5. The minimum absolute atomic E-state index is 0.360. The van der Waals surface area contributed by atoms with Crippen LogP contribution in [0.5, 0.6) is 17.4 Å². The molecule has 0 aliphatic carbocycles. The highest BCUT2D eigenvalue weighted by molar-refractivity contribution is 5.43. The topological polar surface area (TPSA) is 66.6 Å².